The highest BCUT2D eigenvalue weighted by Gasteiger charge is 2.38. The fraction of sp³-hybridized carbons (Fsp3) is 0.417. The SMILES string of the molecule is Cc1cc(C2(C#N)CCC2)ccc1N. The molecule has 0 heterocycles. The molecule has 2 N–H and O–H groups in total. The van der Waals surface area contributed by atoms with Crippen molar-refractivity contribution in [3.05, 3.63) is 29.3 Å². The predicted molar refractivity (Wildman–Crippen MR) is 56.7 cm³/mol. The molecule has 72 valence electrons. The van der Waals surface area contributed by atoms with Gasteiger partial charge in [0, 0.05) is 5.69 Å². The maximum atomic E-state index is 9.17. The fourth-order valence-corrected chi connectivity index (χ4v) is 1.97. The summed E-state index contributed by atoms with van der Waals surface area (Å²) >= 11 is 0. The van der Waals surface area contributed by atoms with Gasteiger partial charge in [-0.2, -0.15) is 5.26 Å². The Balaban J connectivity index is 2.42. The second kappa shape index (κ2) is 3.02. The van der Waals surface area contributed by atoms with Gasteiger partial charge in [-0.3, -0.25) is 0 Å². The van der Waals surface area contributed by atoms with Crippen molar-refractivity contribution in [1.29, 1.82) is 5.26 Å². The fourth-order valence-electron chi connectivity index (χ4n) is 1.97. The summed E-state index contributed by atoms with van der Waals surface area (Å²) < 4.78 is 0. The van der Waals surface area contributed by atoms with Crippen molar-refractivity contribution < 1.29 is 0 Å². The van der Waals surface area contributed by atoms with Gasteiger partial charge in [0.2, 0.25) is 0 Å². The molecule has 0 aromatic heterocycles. The van der Waals surface area contributed by atoms with E-state index in [2.05, 4.69) is 12.1 Å². The number of nitrogens with two attached hydrogens (primary N) is 1. The third-order valence-corrected chi connectivity index (χ3v) is 3.24. The van der Waals surface area contributed by atoms with Crippen LogP contribution in [-0.2, 0) is 5.41 Å². The summed E-state index contributed by atoms with van der Waals surface area (Å²) in [4.78, 5) is 0. The summed E-state index contributed by atoms with van der Waals surface area (Å²) in [5, 5.41) is 9.17. The Kier molecular flexibility index (Phi) is 1.96. The van der Waals surface area contributed by atoms with E-state index in [4.69, 9.17) is 11.0 Å². The average Bonchev–Trinajstić information content (AvgIpc) is 2.10. The number of rotatable bonds is 1. The predicted octanol–water partition coefficient (Wildman–Crippen LogP) is 2.52. The van der Waals surface area contributed by atoms with Crippen molar-refractivity contribution in [1.82, 2.24) is 0 Å². The maximum Gasteiger partial charge on any atom is 0.0822 e. The Morgan fingerprint density at radius 1 is 1.43 bits per heavy atom. The number of nitrogen functional groups attached to an aromatic ring is 1. The van der Waals surface area contributed by atoms with Crippen LogP contribution in [0.15, 0.2) is 18.2 Å². The molecule has 0 atom stereocenters. The molecule has 1 aromatic carbocycles. The maximum absolute atomic E-state index is 9.17. The number of nitriles is 1. The van der Waals surface area contributed by atoms with E-state index in [-0.39, 0.29) is 5.41 Å². The van der Waals surface area contributed by atoms with Crippen molar-refractivity contribution in [2.75, 3.05) is 5.73 Å². The van der Waals surface area contributed by atoms with Crippen LogP contribution in [-0.4, -0.2) is 0 Å². The van der Waals surface area contributed by atoms with Crippen molar-refractivity contribution in [2.24, 2.45) is 0 Å². The minimum absolute atomic E-state index is 0.210. The lowest BCUT2D eigenvalue weighted by Gasteiger charge is -2.35. The van der Waals surface area contributed by atoms with Gasteiger partial charge >= 0.3 is 0 Å². The highest BCUT2D eigenvalue weighted by Crippen LogP contribution is 2.43. The third kappa shape index (κ3) is 1.17. The smallest absolute Gasteiger partial charge is 0.0822 e. The first-order chi connectivity index (χ1) is 6.68. The van der Waals surface area contributed by atoms with E-state index in [1.165, 1.54) is 0 Å². The molecule has 2 heteroatoms. The van der Waals surface area contributed by atoms with Crippen LogP contribution in [0.5, 0.6) is 0 Å². The third-order valence-electron chi connectivity index (χ3n) is 3.24. The topological polar surface area (TPSA) is 49.8 Å². The Labute approximate surface area is 84.3 Å². The molecule has 0 saturated heterocycles. The summed E-state index contributed by atoms with van der Waals surface area (Å²) in [7, 11) is 0. The lowest BCUT2D eigenvalue weighted by molar-refractivity contribution is 0.324. The number of anilines is 1. The summed E-state index contributed by atoms with van der Waals surface area (Å²) in [5.74, 6) is 0. The number of hydrogen-bond donors (Lipinski definition) is 1. The monoisotopic (exact) mass is 186 g/mol. The van der Waals surface area contributed by atoms with Crippen LogP contribution < -0.4 is 5.73 Å². The average molecular weight is 186 g/mol. The molecule has 0 unspecified atom stereocenters. The Bertz CT molecular complexity index is 397. The van der Waals surface area contributed by atoms with Crippen molar-refractivity contribution in [3.8, 4) is 6.07 Å². The molecule has 14 heavy (non-hydrogen) atoms. The van der Waals surface area contributed by atoms with Gasteiger partial charge in [0.05, 0.1) is 11.5 Å². The molecule has 2 nitrogen and oxygen atoms in total. The first-order valence-corrected chi connectivity index (χ1v) is 4.96. The molecule has 1 saturated carbocycles. The summed E-state index contributed by atoms with van der Waals surface area (Å²) in [6.07, 6.45) is 3.15. The molecule has 1 aromatic rings. The van der Waals surface area contributed by atoms with Gasteiger partial charge in [-0.25, -0.2) is 0 Å². The highest BCUT2D eigenvalue weighted by atomic mass is 14.6. The standard InChI is InChI=1S/C12H14N2/c1-9-7-10(3-4-11(9)14)12(8-13)5-2-6-12/h3-4,7H,2,5-6,14H2,1H3. The van der Waals surface area contributed by atoms with Crippen LogP contribution in [0.1, 0.15) is 30.4 Å². The lowest BCUT2D eigenvalue weighted by atomic mass is 9.65. The van der Waals surface area contributed by atoms with E-state index in [0.717, 1.165) is 36.1 Å². The van der Waals surface area contributed by atoms with Crippen LogP contribution in [0, 0.1) is 18.3 Å². The summed E-state index contributed by atoms with van der Waals surface area (Å²) in [6.45, 7) is 1.99. The van der Waals surface area contributed by atoms with Crippen LogP contribution in [0.2, 0.25) is 0 Å². The zero-order valence-electron chi connectivity index (χ0n) is 8.38. The zero-order valence-corrected chi connectivity index (χ0v) is 8.38. The second-order valence-electron chi connectivity index (χ2n) is 4.12. The minimum atomic E-state index is -0.210. The summed E-state index contributed by atoms with van der Waals surface area (Å²) in [5.41, 5.74) is 8.56. The molecule has 0 bridgehead atoms. The van der Waals surface area contributed by atoms with E-state index >= 15 is 0 Å². The summed E-state index contributed by atoms with van der Waals surface area (Å²) in [6, 6.07) is 8.39. The van der Waals surface area contributed by atoms with E-state index < -0.39 is 0 Å². The van der Waals surface area contributed by atoms with Gasteiger partial charge in [0.1, 0.15) is 0 Å². The van der Waals surface area contributed by atoms with Gasteiger partial charge in [-0.15, -0.1) is 0 Å². The van der Waals surface area contributed by atoms with Gasteiger partial charge in [0.15, 0.2) is 0 Å². The van der Waals surface area contributed by atoms with Gasteiger partial charge in [-0.05, 0) is 43.4 Å². The number of nitrogens with zero attached hydrogens (tertiary/aromatic N) is 1. The molecule has 1 aliphatic rings. The van der Waals surface area contributed by atoms with Crippen molar-refractivity contribution in [2.45, 2.75) is 31.6 Å². The van der Waals surface area contributed by atoms with E-state index in [1.54, 1.807) is 0 Å². The second-order valence-corrected chi connectivity index (χ2v) is 4.12. The molecule has 0 aliphatic heterocycles. The van der Waals surface area contributed by atoms with Crippen LogP contribution in [0.3, 0.4) is 0 Å². The number of hydrogen-bond acceptors (Lipinski definition) is 2. The lowest BCUT2D eigenvalue weighted by Crippen LogP contribution is -2.32. The van der Waals surface area contributed by atoms with Crippen LogP contribution in [0.4, 0.5) is 5.69 Å². The Morgan fingerprint density at radius 3 is 2.57 bits per heavy atom. The molecule has 1 fully saturated rings. The normalized spacial score (nSPS) is 18.3. The Hall–Kier alpha value is -1.49. The molecule has 0 amide bonds. The van der Waals surface area contributed by atoms with Gasteiger partial charge < -0.3 is 5.73 Å². The first-order valence-electron chi connectivity index (χ1n) is 4.96. The van der Waals surface area contributed by atoms with E-state index in [1.807, 2.05) is 19.1 Å². The quantitative estimate of drug-likeness (QED) is 0.685. The molecule has 1 aliphatic carbocycles. The largest absolute Gasteiger partial charge is 0.399 e. The van der Waals surface area contributed by atoms with E-state index in [0.29, 0.717) is 0 Å². The van der Waals surface area contributed by atoms with E-state index in [9.17, 15) is 0 Å². The van der Waals surface area contributed by atoms with Gasteiger partial charge in [-0.1, -0.05) is 12.1 Å². The minimum Gasteiger partial charge on any atom is -0.399 e. The molecular weight excluding hydrogens is 172 g/mol. The molecular formula is C12H14N2. The number of aryl methyl sites for hydroxylation is 1. The molecule has 2 rings (SSSR count). The highest BCUT2D eigenvalue weighted by molar-refractivity contribution is 5.50. The number of benzene rings is 1. The van der Waals surface area contributed by atoms with Crippen molar-refractivity contribution in [3.63, 3.8) is 0 Å². The van der Waals surface area contributed by atoms with Crippen LogP contribution in [0.25, 0.3) is 0 Å². The first kappa shape index (κ1) is 9.08. The van der Waals surface area contributed by atoms with Crippen molar-refractivity contribution >= 4 is 5.69 Å². The Morgan fingerprint density at radius 2 is 2.14 bits per heavy atom. The molecule has 0 spiro atoms. The molecule has 0 radical (unpaired) electrons. The van der Waals surface area contributed by atoms with Gasteiger partial charge in [0.25, 0.3) is 0 Å². The van der Waals surface area contributed by atoms with Crippen LogP contribution >= 0.6 is 0 Å². The zero-order chi connectivity index (χ0) is 10.2.